The number of sulfonamides is 1. The fourth-order valence-electron chi connectivity index (χ4n) is 2.28. The molecule has 0 amide bonds. The molecule has 1 unspecified atom stereocenters. The first-order valence-electron chi connectivity index (χ1n) is 6.16. The molecule has 0 spiro atoms. The molecule has 6 heteroatoms. The summed E-state index contributed by atoms with van der Waals surface area (Å²) in [4.78, 5) is 1.01. The van der Waals surface area contributed by atoms with Crippen LogP contribution in [-0.4, -0.2) is 37.0 Å². The van der Waals surface area contributed by atoms with Gasteiger partial charge in [-0.1, -0.05) is 0 Å². The van der Waals surface area contributed by atoms with Crippen molar-refractivity contribution in [1.29, 1.82) is 0 Å². The van der Waals surface area contributed by atoms with Crippen LogP contribution in [0.2, 0.25) is 0 Å². The van der Waals surface area contributed by atoms with Gasteiger partial charge in [0.25, 0.3) is 10.0 Å². The Bertz CT molecular complexity index is 499. The molecule has 1 fully saturated rings. The zero-order chi connectivity index (χ0) is 13.3. The summed E-state index contributed by atoms with van der Waals surface area (Å²) in [5.41, 5.74) is 0. The van der Waals surface area contributed by atoms with E-state index in [0.29, 0.717) is 17.3 Å². The molecule has 1 aliphatic rings. The number of nitrogens with zero attached hydrogens (tertiary/aromatic N) is 1. The molecule has 1 saturated heterocycles. The number of piperidine rings is 1. The van der Waals surface area contributed by atoms with Gasteiger partial charge in [0.2, 0.25) is 0 Å². The van der Waals surface area contributed by atoms with E-state index in [-0.39, 0.29) is 12.0 Å². The van der Waals surface area contributed by atoms with Gasteiger partial charge in [-0.15, -0.1) is 11.3 Å². The van der Waals surface area contributed by atoms with Crippen molar-refractivity contribution in [2.75, 3.05) is 13.1 Å². The van der Waals surface area contributed by atoms with Gasteiger partial charge in [-0.05, 0) is 44.7 Å². The quantitative estimate of drug-likeness (QED) is 0.923. The zero-order valence-corrected chi connectivity index (χ0v) is 12.3. The Morgan fingerprint density at radius 2 is 2.00 bits per heavy atom. The Kier molecular flexibility index (Phi) is 4.11. The van der Waals surface area contributed by atoms with Crippen LogP contribution in [0.15, 0.2) is 16.3 Å². The molecule has 2 heterocycles. The van der Waals surface area contributed by atoms with Crippen LogP contribution < -0.4 is 0 Å². The minimum absolute atomic E-state index is 0.224. The van der Waals surface area contributed by atoms with Gasteiger partial charge < -0.3 is 5.11 Å². The highest BCUT2D eigenvalue weighted by Crippen LogP contribution is 2.28. The first kappa shape index (κ1) is 14.0. The minimum atomic E-state index is -3.32. The normalized spacial score (nSPS) is 21.1. The highest BCUT2D eigenvalue weighted by atomic mass is 32.2. The second-order valence-electron chi connectivity index (χ2n) is 4.85. The molecule has 0 aliphatic carbocycles. The third-order valence-electron chi connectivity index (χ3n) is 3.49. The third kappa shape index (κ3) is 2.77. The van der Waals surface area contributed by atoms with E-state index in [4.69, 9.17) is 0 Å². The van der Waals surface area contributed by atoms with Crippen molar-refractivity contribution in [3.05, 3.63) is 17.0 Å². The summed E-state index contributed by atoms with van der Waals surface area (Å²) in [7, 11) is -3.32. The van der Waals surface area contributed by atoms with Crippen LogP contribution >= 0.6 is 11.3 Å². The summed E-state index contributed by atoms with van der Waals surface area (Å²) >= 11 is 1.32. The molecule has 1 aromatic rings. The SMILES string of the molecule is Cc1ccc(S(=O)(=O)N2CCC(C(C)O)CC2)s1. The van der Waals surface area contributed by atoms with E-state index in [0.717, 1.165) is 17.7 Å². The van der Waals surface area contributed by atoms with Gasteiger partial charge in [0.15, 0.2) is 0 Å². The largest absolute Gasteiger partial charge is 0.393 e. The lowest BCUT2D eigenvalue weighted by Crippen LogP contribution is -2.40. The highest BCUT2D eigenvalue weighted by molar-refractivity contribution is 7.91. The Morgan fingerprint density at radius 3 is 2.44 bits per heavy atom. The van der Waals surface area contributed by atoms with E-state index in [1.54, 1.807) is 13.0 Å². The molecular weight excluding hydrogens is 270 g/mol. The molecule has 1 atom stereocenters. The smallest absolute Gasteiger partial charge is 0.252 e. The first-order chi connectivity index (χ1) is 8.41. The van der Waals surface area contributed by atoms with E-state index in [2.05, 4.69) is 0 Å². The van der Waals surface area contributed by atoms with Crippen LogP contribution in [0.1, 0.15) is 24.6 Å². The van der Waals surface area contributed by atoms with Crippen molar-refractivity contribution in [3.63, 3.8) is 0 Å². The van der Waals surface area contributed by atoms with Crippen LogP contribution in [0.25, 0.3) is 0 Å². The maximum Gasteiger partial charge on any atom is 0.252 e. The van der Waals surface area contributed by atoms with Crippen molar-refractivity contribution in [3.8, 4) is 0 Å². The average Bonchev–Trinajstić information content (AvgIpc) is 2.76. The molecule has 1 N–H and O–H groups in total. The fourth-order valence-corrected chi connectivity index (χ4v) is 5.18. The first-order valence-corrected chi connectivity index (χ1v) is 8.41. The van der Waals surface area contributed by atoms with Crippen LogP contribution in [0.3, 0.4) is 0 Å². The minimum Gasteiger partial charge on any atom is -0.393 e. The van der Waals surface area contributed by atoms with Crippen molar-refractivity contribution in [2.24, 2.45) is 5.92 Å². The maximum atomic E-state index is 12.4. The zero-order valence-electron chi connectivity index (χ0n) is 10.7. The lowest BCUT2D eigenvalue weighted by Gasteiger charge is -2.32. The van der Waals surface area contributed by atoms with E-state index in [1.165, 1.54) is 15.6 Å². The lowest BCUT2D eigenvalue weighted by molar-refractivity contribution is 0.0912. The van der Waals surface area contributed by atoms with E-state index >= 15 is 0 Å². The molecule has 102 valence electrons. The van der Waals surface area contributed by atoms with Gasteiger partial charge in [0, 0.05) is 18.0 Å². The summed E-state index contributed by atoms with van der Waals surface area (Å²) in [5, 5.41) is 9.52. The van der Waals surface area contributed by atoms with Crippen LogP contribution in [0.4, 0.5) is 0 Å². The van der Waals surface area contributed by atoms with E-state index < -0.39 is 10.0 Å². The monoisotopic (exact) mass is 289 g/mol. The topological polar surface area (TPSA) is 57.6 Å². The van der Waals surface area contributed by atoms with E-state index in [1.807, 2.05) is 13.0 Å². The predicted octanol–water partition coefficient (Wildman–Crippen LogP) is 1.84. The van der Waals surface area contributed by atoms with E-state index in [9.17, 15) is 13.5 Å². The predicted molar refractivity (Wildman–Crippen MR) is 72.2 cm³/mol. The van der Waals surface area contributed by atoms with Crippen molar-refractivity contribution >= 4 is 21.4 Å². The molecular formula is C12H19NO3S2. The number of thiophene rings is 1. The third-order valence-corrected chi connectivity index (χ3v) is 6.86. The fraction of sp³-hybridized carbons (Fsp3) is 0.667. The van der Waals surface area contributed by atoms with Gasteiger partial charge in [0.1, 0.15) is 4.21 Å². The van der Waals surface area contributed by atoms with Gasteiger partial charge in [-0.2, -0.15) is 4.31 Å². The maximum absolute atomic E-state index is 12.4. The molecule has 4 nitrogen and oxygen atoms in total. The Hall–Kier alpha value is -0.430. The molecule has 0 bridgehead atoms. The number of aliphatic hydroxyl groups is 1. The summed E-state index contributed by atoms with van der Waals surface area (Å²) in [6.07, 6.45) is 1.13. The van der Waals surface area contributed by atoms with Crippen molar-refractivity contribution < 1.29 is 13.5 Å². The number of aliphatic hydroxyl groups excluding tert-OH is 1. The number of hydrogen-bond acceptors (Lipinski definition) is 4. The number of aryl methyl sites for hydroxylation is 1. The lowest BCUT2D eigenvalue weighted by atomic mass is 9.93. The molecule has 0 radical (unpaired) electrons. The van der Waals surface area contributed by atoms with Crippen LogP contribution in [0.5, 0.6) is 0 Å². The standard InChI is InChI=1S/C12H19NO3S2/c1-9-3-4-12(17-9)18(15,16)13-7-5-11(6-8-13)10(2)14/h3-4,10-11,14H,5-8H2,1-2H3. The molecule has 0 aromatic carbocycles. The summed E-state index contributed by atoms with van der Waals surface area (Å²) in [6, 6.07) is 3.51. The van der Waals surface area contributed by atoms with Crippen LogP contribution in [0, 0.1) is 12.8 Å². The number of hydrogen-bond donors (Lipinski definition) is 1. The van der Waals surface area contributed by atoms with Gasteiger partial charge >= 0.3 is 0 Å². The van der Waals surface area contributed by atoms with Gasteiger partial charge in [-0.25, -0.2) is 8.42 Å². The second kappa shape index (κ2) is 5.28. The average molecular weight is 289 g/mol. The molecule has 0 saturated carbocycles. The van der Waals surface area contributed by atoms with Crippen molar-refractivity contribution in [1.82, 2.24) is 4.31 Å². The van der Waals surface area contributed by atoms with Gasteiger partial charge in [-0.3, -0.25) is 0 Å². The summed E-state index contributed by atoms with van der Waals surface area (Å²) < 4.78 is 26.7. The summed E-state index contributed by atoms with van der Waals surface area (Å²) in [5.74, 6) is 0.224. The number of rotatable bonds is 3. The Morgan fingerprint density at radius 1 is 1.39 bits per heavy atom. The highest BCUT2D eigenvalue weighted by Gasteiger charge is 2.31. The van der Waals surface area contributed by atoms with Crippen LogP contribution in [-0.2, 0) is 10.0 Å². The molecule has 1 aliphatic heterocycles. The molecule has 1 aromatic heterocycles. The second-order valence-corrected chi connectivity index (χ2v) is 8.30. The summed E-state index contributed by atoms with van der Waals surface area (Å²) in [6.45, 7) is 4.70. The Balaban J connectivity index is 2.09. The van der Waals surface area contributed by atoms with Gasteiger partial charge in [0.05, 0.1) is 6.10 Å². The van der Waals surface area contributed by atoms with Crippen molar-refractivity contribution in [2.45, 2.75) is 37.0 Å². The molecule has 18 heavy (non-hydrogen) atoms. The molecule has 2 rings (SSSR count). The Labute approximate surface area is 112 Å².